The molecule has 20 heavy (non-hydrogen) atoms. The molecule has 0 spiro atoms. The molecule has 2 nitrogen and oxygen atoms in total. The average molecular weight is 371 g/mol. The molecular formula is C15H13BrClNOS. The Hall–Kier alpha value is -0.840. The van der Waals surface area contributed by atoms with Crippen molar-refractivity contribution in [1.82, 2.24) is 4.90 Å². The molecular weight excluding hydrogens is 358 g/mol. The van der Waals surface area contributed by atoms with Crippen molar-refractivity contribution in [2.75, 3.05) is 6.54 Å². The van der Waals surface area contributed by atoms with Crippen LogP contribution >= 0.6 is 38.9 Å². The van der Waals surface area contributed by atoms with Crippen molar-refractivity contribution < 1.29 is 4.79 Å². The van der Waals surface area contributed by atoms with Gasteiger partial charge in [0.15, 0.2) is 0 Å². The summed E-state index contributed by atoms with van der Waals surface area (Å²) in [6, 6.07) is 7.55. The van der Waals surface area contributed by atoms with Crippen molar-refractivity contribution in [3.05, 3.63) is 55.1 Å². The molecule has 0 bridgehead atoms. The fourth-order valence-electron chi connectivity index (χ4n) is 2.60. The first kappa shape index (κ1) is 14.1. The van der Waals surface area contributed by atoms with E-state index in [1.165, 1.54) is 10.4 Å². The zero-order valence-corrected chi connectivity index (χ0v) is 14.1. The lowest BCUT2D eigenvalue weighted by Gasteiger charge is -2.34. The van der Waals surface area contributed by atoms with Crippen LogP contribution in [0, 0.1) is 0 Å². The van der Waals surface area contributed by atoms with Gasteiger partial charge in [0.25, 0.3) is 5.91 Å². The molecule has 2 aromatic rings. The quantitative estimate of drug-likeness (QED) is 0.697. The Morgan fingerprint density at radius 1 is 1.45 bits per heavy atom. The minimum absolute atomic E-state index is 0.0536. The van der Waals surface area contributed by atoms with Gasteiger partial charge in [0.2, 0.25) is 0 Å². The van der Waals surface area contributed by atoms with Gasteiger partial charge in [0.05, 0.1) is 11.6 Å². The number of benzene rings is 1. The molecule has 1 unspecified atom stereocenters. The number of halogens is 2. The maximum atomic E-state index is 12.7. The molecule has 1 aliphatic rings. The van der Waals surface area contributed by atoms with Crippen molar-refractivity contribution in [3.8, 4) is 0 Å². The number of carbonyl (C=O) groups excluding carboxylic acids is 1. The van der Waals surface area contributed by atoms with Gasteiger partial charge < -0.3 is 4.90 Å². The van der Waals surface area contributed by atoms with Crippen LogP contribution in [0.5, 0.6) is 0 Å². The zero-order chi connectivity index (χ0) is 14.3. The van der Waals surface area contributed by atoms with Gasteiger partial charge in [-0.1, -0.05) is 11.6 Å². The summed E-state index contributed by atoms with van der Waals surface area (Å²) in [4.78, 5) is 16.1. The third-order valence-corrected chi connectivity index (χ3v) is 5.59. The van der Waals surface area contributed by atoms with Crippen LogP contribution in [0.25, 0.3) is 0 Å². The van der Waals surface area contributed by atoms with E-state index in [0.29, 0.717) is 10.6 Å². The highest BCUT2D eigenvalue weighted by molar-refractivity contribution is 9.10. The molecule has 5 heteroatoms. The van der Waals surface area contributed by atoms with E-state index in [4.69, 9.17) is 11.6 Å². The van der Waals surface area contributed by atoms with Gasteiger partial charge in [-0.25, -0.2) is 0 Å². The van der Waals surface area contributed by atoms with Crippen molar-refractivity contribution in [2.45, 2.75) is 19.4 Å². The van der Waals surface area contributed by atoms with E-state index in [9.17, 15) is 4.79 Å². The lowest BCUT2D eigenvalue weighted by atomic mass is 10.0. The Bertz CT molecular complexity index is 670. The number of hydrogen-bond acceptors (Lipinski definition) is 2. The van der Waals surface area contributed by atoms with Crippen LogP contribution in [0.3, 0.4) is 0 Å². The Balaban J connectivity index is 1.92. The van der Waals surface area contributed by atoms with E-state index < -0.39 is 0 Å². The van der Waals surface area contributed by atoms with Crippen LogP contribution in [0.1, 0.15) is 33.8 Å². The SMILES string of the molecule is CC1c2ccsc2CCN1C(=O)c1ccc(Cl)cc1Br. The van der Waals surface area contributed by atoms with E-state index in [2.05, 4.69) is 34.3 Å². The maximum Gasteiger partial charge on any atom is 0.255 e. The first-order chi connectivity index (χ1) is 9.58. The second-order valence-corrected chi connectivity index (χ2v) is 7.14. The van der Waals surface area contributed by atoms with Gasteiger partial charge >= 0.3 is 0 Å². The number of hydrogen-bond donors (Lipinski definition) is 0. The second-order valence-electron chi connectivity index (χ2n) is 4.85. The minimum atomic E-state index is 0.0536. The molecule has 2 heterocycles. The van der Waals surface area contributed by atoms with Crippen LogP contribution in [0.2, 0.25) is 5.02 Å². The summed E-state index contributed by atoms with van der Waals surface area (Å²) in [5.74, 6) is 0.0536. The van der Waals surface area contributed by atoms with Gasteiger partial charge in [0.1, 0.15) is 0 Å². The summed E-state index contributed by atoms with van der Waals surface area (Å²) in [7, 11) is 0. The minimum Gasteiger partial charge on any atom is -0.331 e. The van der Waals surface area contributed by atoms with Gasteiger partial charge in [0, 0.05) is 20.9 Å². The Morgan fingerprint density at radius 3 is 3.00 bits per heavy atom. The van der Waals surface area contributed by atoms with Gasteiger partial charge in [-0.05, 0) is 64.5 Å². The highest BCUT2D eigenvalue weighted by Crippen LogP contribution is 2.34. The van der Waals surface area contributed by atoms with E-state index in [1.54, 1.807) is 29.5 Å². The highest BCUT2D eigenvalue weighted by Gasteiger charge is 2.29. The lowest BCUT2D eigenvalue weighted by molar-refractivity contribution is 0.0678. The third kappa shape index (κ3) is 2.41. The predicted molar refractivity (Wildman–Crippen MR) is 86.6 cm³/mol. The molecule has 1 aliphatic heterocycles. The summed E-state index contributed by atoms with van der Waals surface area (Å²) < 4.78 is 0.748. The molecule has 0 saturated carbocycles. The number of amides is 1. The molecule has 0 saturated heterocycles. The van der Waals surface area contributed by atoms with Crippen LogP contribution in [-0.2, 0) is 6.42 Å². The summed E-state index contributed by atoms with van der Waals surface area (Å²) in [6.07, 6.45) is 0.939. The number of fused-ring (bicyclic) bond motifs is 1. The average Bonchev–Trinajstić information content (AvgIpc) is 2.87. The lowest BCUT2D eigenvalue weighted by Crippen LogP contribution is -2.38. The number of carbonyl (C=O) groups is 1. The van der Waals surface area contributed by atoms with Crippen LogP contribution in [-0.4, -0.2) is 17.4 Å². The third-order valence-electron chi connectivity index (χ3n) is 3.70. The largest absolute Gasteiger partial charge is 0.331 e. The van der Waals surface area contributed by atoms with Crippen molar-refractivity contribution in [3.63, 3.8) is 0 Å². The number of thiophene rings is 1. The molecule has 0 N–H and O–H groups in total. The summed E-state index contributed by atoms with van der Waals surface area (Å²) >= 11 is 11.1. The molecule has 0 radical (unpaired) electrons. The fraction of sp³-hybridized carbons (Fsp3) is 0.267. The highest BCUT2D eigenvalue weighted by atomic mass is 79.9. The normalized spacial score (nSPS) is 17.9. The van der Waals surface area contributed by atoms with Crippen LogP contribution in [0.4, 0.5) is 0 Å². The molecule has 1 aromatic carbocycles. The standard InChI is InChI=1S/C15H13BrClNOS/c1-9-11-5-7-20-14(11)4-6-18(9)15(19)12-3-2-10(17)8-13(12)16/h2-3,5,7-9H,4,6H2,1H3. The first-order valence-electron chi connectivity index (χ1n) is 6.40. The number of nitrogens with zero attached hydrogens (tertiary/aromatic N) is 1. The fourth-order valence-corrected chi connectivity index (χ4v) is 4.42. The summed E-state index contributed by atoms with van der Waals surface area (Å²) in [5.41, 5.74) is 1.94. The molecule has 0 fully saturated rings. The van der Waals surface area contributed by atoms with Crippen LogP contribution < -0.4 is 0 Å². The molecule has 104 valence electrons. The molecule has 3 rings (SSSR count). The van der Waals surface area contributed by atoms with E-state index in [1.807, 2.05) is 4.90 Å². The predicted octanol–water partition coefficient (Wildman–Crippen LogP) is 4.92. The van der Waals surface area contributed by atoms with Gasteiger partial charge in [-0.2, -0.15) is 0 Å². The first-order valence-corrected chi connectivity index (χ1v) is 8.45. The molecule has 1 aromatic heterocycles. The maximum absolute atomic E-state index is 12.7. The van der Waals surface area contributed by atoms with Crippen molar-refractivity contribution in [1.29, 1.82) is 0 Å². The topological polar surface area (TPSA) is 20.3 Å². The van der Waals surface area contributed by atoms with Gasteiger partial charge in [-0.15, -0.1) is 11.3 Å². The monoisotopic (exact) mass is 369 g/mol. The van der Waals surface area contributed by atoms with Crippen molar-refractivity contribution >= 4 is 44.8 Å². The zero-order valence-electron chi connectivity index (χ0n) is 10.9. The molecule has 1 amide bonds. The van der Waals surface area contributed by atoms with Gasteiger partial charge in [-0.3, -0.25) is 4.79 Å². The Morgan fingerprint density at radius 2 is 2.25 bits per heavy atom. The second kappa shape index (κ2) is 5.51. The van der Waals surface area contributed by atoms with Crippen molar-refractivity contribution in [2.24, 2.45) is 0 Å². The Labute approximate surface area is 135 Å². The Kier molecular flexibility index (Phi) is 3.89. The molecule has 0 aliphatic carbocycles. The van der Waals surface area contributed by atoms with E-state index >= 15 is 0 Å². The smallest absolute Gasteiger partial charge is 0.255 e. The number of rotatable bonds is 1. The summed E-state index contributed by atoms with van der Waals surface area (Å²) in [6.45, 7) is 2.86. The van der Waals surface area contributed by atoms with E-state index in [-0.39, 0.29) is 11.9 Å². The van der Waals surface area contributed by atoms with Crippen LogP contribution in [0.15, 0.2) is 34.1 Å². The van der Waals surface area contributed by atoms with E-state index in [0.717, 1.165) is 17.4 Å². The molecule has 1 atom stereocenters. The summed E-state index contributed by atoms with van der Waals surface area (Å²) in [5, 5.41) is 2.73.